The summed E-state index contributed by atoms with van der Waals surface area (Å²) < 4.78 is 1.75. The predicted octanol–water partition coefficient (Wildman–Crippen LogP) is 2.03. The SMILES string of the molecule is C[C@@H]1CN(c2ccnn3cc(-c4cnn(C)n4)cc23)C(=O)[C@]1(C#N)C1CC1. The molecule has 0 spiro atoms. The van der Waals surface area contributed by atoms with Crippen molar-refractivity contribution in [3.05, 3.63) is 30.7 Å². The van der Waals surface area contributed by atoms with E-state index in [0.717, 1.165) is 35.3 Å². The van der Waals surface area contributed by atoms with Gasteiger partial charge >= 0.3 is 0 Å². The Morgan fingerprint density at radius 2 is 2.15 bits per heavy atom. The summed E-state index contributed by atoms with van der Waals surface area (Å²) in [5, 5.41) is 22.7. The number of fused-ring (bicyclic) bond motifs is 1. The summed E-state index contributed by atoms with van der Waals surface area (Å²) in [6.07, 6.45) is 7.19. The van der Waals surface area contributed by atoms with Crippen molar-refractivity contribution >= 4 is 17.1 Å². The van der Waals surface area contributed by atoms with Crippen molar-refractivity contribution in [2.24, 2.45) is 24.3 Å². The topological polar surface area (TPSA) is 92.1 Å². The number of amides is 1. The quantitative estimate of drug-likeness (QED) is 0.712. The molecule has 1 aliphatic heterocycles. The van der Waals surface area contributed by atoms with E-state index in [9.17, 15) is 10.1 Å². The van der Waals surface area contributed by atoms with E-state index in [0.29, 0.717) is 6.54 Å². The van der Waals surface area contributed by atoms with Crippen LogP contribution >= 0.6 is 0 Å². The first kappa shape index (κ1) is 16.0. The fourth-order valence-electron chi connectivity index (χ4n) is 4.35. The van der Waals surface area contributed by atoms with Crippen LogP contribution in [0.5, 0.6) is 0 Å². The van der Waals surface area contributed by atoms with E-state index in [4.69, 9.17) is 0 Å². The van der Waals surface area contributed by atoms with Crippen LogP contribution < -0.4 is 4.90 Å². The molecule has 1 aliphatic carbocycles. The van der Waals surface area contributed by atoms with Gasteiger partial charge in [0.1, 0.15) is 11.1 Å². The van der Waals surface area contributed by atoms with Crippen LogP contribution in [0.2, 0.25) is 0 Å². The molecule has 0 unspecified atom stereocenters. The fourth-order valence-corrected chi connectivity index (χ4v) is 4.35. The normalized spacial score (nSPS) is 25.3. The number of carbonyl (C=O) groups excluding carboxylic acids is 1. The molecule has 0 bridgehead atoms. The van der Waals surface area contributed by atoms with Gasteiger partial charge in [0.15, 0.2) is 0 Å². The van der Waals surface area contributed by atoms with E-state index in [2.05, 4.69) is 21.4 Å². The van der Waals surface area contributed by atoms with Crippen LogP contribution in [0.25, 0.3) is 16.8 Å². The van der Waals surface area contributed by atoms with Crippen LogP contribution in [0.1, 0.15) is 19.8 Å². The molecule has 8 heteroatoms. The third-order valence-electron chi connectivity index (χ3n) is 5.91. The molecule has 0 radical (unpaired) electrons. The van der Waals surface area contributed by atoms with Crippen LogP contribution in [-0.2, 0) is 11.8 Å². The van der Waals surface area contributed by atoms with Crippen molar-refractivity contribution in [1.29, 1.82) is 5.26 Å². The van der Waals surface area contributed by atoms with Gasteiger partial charge in [0.25, 0.3) is 0 Å². The van der Waals surface area contributed by atoms with Crippen molar-refractivity contribution in [3.8, 4) is 17.3 Å². The highest BCUT2D eigenvalue weighted by atomic mass is 16.2. The molecule has 3 aromatic heterocycles. The van der Waals surface area contributed by atoms with Gasteiger partial charge in [-0.25, -0.2) is 4.52 Å². The lowest BCUT2D eigenvalue weighted by Crippen LogP contribution is -2.37. The van der Waals surface area contributed by atoms with E-state index in [1.54, 1.807) is 28.9 Å². The summed E-state index contributed by atoms with van der Waals surface area (Å²) in [5.41, 5.74) is 2.36. The minimum Gasteiger partial charge on any atom is -0.309 e. The lowest BCUT2D eigenvalue weighted by atomic mass is 9.75. The second-order valence-corrected chi connectivity index (χ2v) is 7.57. The van der Waals surface area contributed by atoms with Gasteiger partial charge in [0.2, 0.25) is 5.91 Å². The van der Waals surface area contributed by atoms with Gasteiger partial charge in [0.05, 0.1) is 23.5 Å². The maximum Gasteiger partial charge on any atom is 0.248 e. The standard InChI is InChI=1S/C19H19N7O/c1-12-9-25(18(27)19(12,11-20)14-3-4-14)16-5-6-21-26-10-13(7-17(16)26)15-8-22-24(2)23-15/h5-8,10,12,14H,3-4,9H2,1-2H3/t12-,19+/m1/s1. The summed E-state index contributed by atoms with van der Waals surface area (Å²) in [7, 11) is 1.77. The Morgan fingerprint density at radius 1 is 1.33 bits per heavy atom. The first-order valence-corrected chi connectivity index (χ1v) is 9.12. The summed E-state index contributed by atoms with van der Waals surface area (Å²) in [5.74, 6) is 0.121. The Bertz CT molecular complexity index is 1100. The van der Waals surface area contributed by atoms with Gasteiger partial charge in [-0.15, -0.1) is 0 Å². The first-order chi connectivity index (χ1) is 13.0. The maximum atomic E-state index is 13.3. The Morgan fingerprint density at radius 3 is 2.81 bits per heavy atom. The van der Waals surface area contributed by atoms with Gasteiger partial charge in [-0.2, -0.15) is 25.4 Å². The van der Waals surface area contributed by atoms with Gasteiger partial charge < -0.3 is 4.90 Å². The lowest BCUT2D eigenvalue weighted by molar-refractivity contribution is -0.124. The molecule has 8 nitrogen and oxygen atoms in total. The smallest absolute Gasteiger partial charge is 0.248 e. The van der Waals surface area contributed by atoms with Gasteiger partial charge in [-0.3, -0.25) is 4.79 Å². The van der Waals surface area contributed by atoms with Crippen LogP contribution in [0.15, 0.2) is 30.7 Å². The largest absolute Gasteiger partial charge is 0.309 e. The van der Waals surface area contributed by atoms with Crippen molar-refractivity contribution in [2.45, 2.75) is 19.8 Å². The zero-order chi connectivity index (χ0) is 18.8. The second-order valence-electron chi connectivity index (χ2n) is 7.57. The third kappa shape index (κ3) is 2.14. The molecule has 1 amide bonds. The molecule has 136 valence electrons. The Hall–Kier alpha value is -3.21. The molecule has 3 aromatic rings. The average molecular weight is 361 g/mol. The van der Waals surface area contributed by atoms with Crippen molar-refractivity contribution in [1.82, 2.24) is 24.6 Å². The van der Waals surface area contributed by atoms with E-state index in [-0.39, 0.29) is 17.7 Å². The number of hydrogen-bond donors (Lipinski definition) is 0. The van der Waals surface area contributed by atoms with E-state index < -0.39 is 5.41 Å². The van der Waals surface area contributed by atoms with E-state index in [1.807, 2.05) is 25.3 Å². The highest BCUT2D eigenvalue weighted by Gasteiger charge is 2.61. The summed E-state index contributed by atoms with van der Waals surface area (Å²) in [4.78, 5) is 16.6. The number of anilines is 1. The molecule has 1 saturated heterocycles. The van der Waals surface area contributed by atoms with Crippen LogP contribution in [-0.4, -0.2) is 37.1 Å². The highest BCUT2D eigenvalue weighted by Crippen LogP contribution is 2.54. The average Bonchev–Trinajstić information content (AvgIpc) is 3.16. The van der Waals surface area contributed by atoms with Gasteiger partial charge in [0, 0.05) is 37.5 Å². The number of nitrogens with zero attached hydrogens (tertiary/aromatic N) is 7. The van der Waals surface area contributed by atoms with Crippen molar-refractivity contribution in [3.63, 3.8) is 0 Å². The summed E-state index contributed by atoms with van der Waals surface area (Å²) in [6, 6.07) is 6.20. The van der Waals surface area contributed by atoms with Crippen LogP contribution in [0, 0.1) is 28.6 Å². The molecule has 0 aromatic carbocycles. The van der Waals surface area contributed by atoms with Crippen LogP contribution in [0.3, 0.4) is 0 Å². The second kappa shape index (κ2) is 5.39. The Labute approximate surface area is 156 Å². The molecule has 2 atom stereocenters. The lowest BCUT2D eigenvalue weighted by Gasteiger charge is -2.23. The minimum atomic E-state index is -0.888. The Balaban J connectivity index is 1.60. The minimum absolute atomic E-state index is 0.00476. The number of rotatable bonds is 3. The number of hydrogen-bond acceptors (Lipinski definition) is 5. The van der Waals surface area contributed by atoms with Crippen LogP contribution in [0.4, 0.5) is 5.69 Å². The van der Waals surface area contributed by atoms with Gasteiger partial charge in [-0.1, -0.05) is 6.92 Å². The zero-order valence-electron chi connectivity index (χ0n) is 15.2. The zero-order valence-corrected chi connectivity index (χ0v) is 15.2. The first-order valence-electron chi connectivity index (χ1n) is 9.12. The van der Waals surface area contributed by atoms with E-state index >= 15 is 0 Å². The molecule has 27 heavy (non-hydrogen) atoms. The summed E-state index contributed by atoms with van der Waals surface area (Å²) >= 11 is 0. The summed E-state index contributed by atoms with van der Waals surface area (Å²) in [6.45, 7) is 2.56. The molecule has 2 fully saturated rings. The monoisotopic (exact) mass is 361 g/mol. The van der Waals surface area contributed by atoms with Gasteiger partial charge in [-0.05, 0) is 30.9 Å². The Kier molecular flexibility index (Phi) is 3.20. The number of aromatic nitrogens is 5. The molecular formula is C19H19N7O. The number of aryl methyl sites for hydroxylation is 1. The van der Waals surface area contributed by atoms with Crippen molar-refractivity contribution < 1.29 is 4.79 Å². The highest BCUT2D eigenvalue weighted by molar-refractivity contribution is 6.05. The van der Waals surface area contributed by atoms with Crippen molar-refractivity contribution in [2.75, 3.05) is 11.4 Å². The number of nitriles is 1. The molecule has 4 heterocycles. The maximum absolute atomic E-state index is 13.3. The molecule has 5 rings (SSSR count). The molecular weight excluding hydrogens is 342 g/mol. The van der Waals surface area contributed by atoms with E-state index in [1.165, 1.54) is 4.80 Å². The number of carbonyl (C=O) groups is 1. The predicted molar refractivity (Wildman–Crippen MR) is 97.5 cm³/mol. The molecule has 2 aliphatic rings. The molecule has 1 saturated carbocycles. The molecule has 0 N–H and O–H groups in total. The third-order valence-corrected chi connectivity index (χ3v) is 5.91. The fraction of sp³-hybridized carbons (Fsp3) is 0.421.